The van der Waals surface area contributed by atoms with Crippen molar-refractivity contribution >= 4 is 11.3 Å². The minimum atomic E-state index is 0.107. The van der Waals surface area contributed by atoms with E-state index in [0.717, 1.165) is 17.5 Å². The lowest BCUT2D eigenvalue weighted by molar-refractivity contribution is 0.0994. The average molecular weight is 264 g/mol. The lowest BCUT2D eigenvalue weighted by atomic mass is 10.0. The molecule has 0 bridgehead atoms. The highest BCUT2D eigenvalue weighted by atomic mass is 16.1. The number of aromatic nitrogens is 2. The Morgan fingerprint density at radius 1 is 1.10 bits per heavy atom. The zero-order chi connectivity index (χ0) is 13.9. The second kappa shape index (κ2) is 5.29. The summed E-state index contributed by atoms with van der Waals surface area (Å²) in [6.07, 6.45) is 4.93. The lowest BCUT2D eigenvalue weighted by Gasteiger charge is -2.02. The van der Waals surface area contributed by atoms with Crippen molar-refractivity contribution in [1.29, 1.82) is 0 Å². The van der Waals surface area contributed by atoms with E-state index < -0.39 is 0 Å². The number of Topliss-reactive ketones (excluding diaryl/α,β-unsaturated/α-hetero) is 1. The van der Waals surface area contributed by atoms with Gasteiger partial charge in [0.2, 0.25) is 0 Å². The third-order valence-electron chi connectivity index (χ3n) is 3.52. The maximum absolute atomic E-state index is 12.4. The number of hydrogen-bond donors (Lipinski definition) is 0. The van der Waals surface area contributed by atoms with Crippen LogP contribution in [0.15, 0.2) is 54.9 Å². The molecule has 0 saturated carbocycles. The third kappa shape index (κ3) is 2.35. The molecule has 3 nitrogen and oxygen atoms in total. The Balaban J connectivity index is 1.85. The Labute approximate surface area is 117 Å². The fourth-order valence-corrected chi connectivity index (χ4v) is 2.32. The minimum Gasteiger partial charge on any atom is -0.294 e. The SMILES string of the molecule is CCc1ccc(CC(=O)c2cnn3ccccc23)cc1. The predicted molar refractivity (Wildman–Crippen MR) is 79.0 cm³/mol. The zero-order valence-electron chi connectivity index (χ0n) is 11.4. The number of aryl methyl sites for hydroxylation is 1. The van der Waals surface area contributed by atoms with Crippen LogP contribution in [0.5, 0.6) is 0 Å². The molecule has 20 heavy (non-hydrogen) atoms. The Bertz CT molecular complexity index is 741. The van der Waals surface area contributed by atoms with Crippen molar-refractivity contribution in [1.82, 2.24) is 9.61 Å². The maximum Gasteiger partial charge on any atom is 0.171 e. The molecular formula is C17H16N2O. The molecule has 0 aliphatic heterocycles. The molecule has 3 aromatic rings. The molecule has 100 valence electrons. The molecule has 1 aromatic carbocycles. The van der Waals surface area contributed by atoms with Crippen molar-refractivity contribution in [3.05, 3.63) is 71.5 Å². The van der Waals surface area contributed by atoms with Gasteiger partial charge in [-0.15, -0.1) is 0 Å². The van der Waals surface area contributed by atoms with E-state index in [1.807, 2.05) is 36.5 Å². The van der Waals surface area contributed by atoms with Gasteiger partial charge in [-0.3, -0.25) is 4.79 Å². The quantitative estimate of drug-likeness (QED) is 0.677. The van der Waals surface area contributed by atoms with Crippen LogP contribution in [0.1, 0.15) is 28.4 Å². The van der Waals surface area contributed by atoms with Gasteiger partial charge in [0.25, 0.3) is 0 Å². The monoisotopic (exact) mass is 264 g/mol. The summed E-state index contributed by atoms with van der Waals surface area (Å²) < 4.78 is 1.73. The van der Waals surface area contributed by atoms with Crippen molar-refractivity contribution in [3.8, 4) is 0 Å². The van der Waals surface area contributed by atoms with Crippen LogP contribution in [0, 0.1) is 0 Å². The van der Waals surface area contributed by atoms with Crippen LogP contribution in [-0.4, -0.2) is 15.4 Å². The van der Waals surface area contributed by atoms with Gasteiger partial charge in [0.1, 0.15) is 0 Å². The topological polar surface area (TPSA) is 34.4 Å². The van der Waals surface area contributed by atoms with E-state index in [-0.39, 0.29) is 5.78 Å². The summed E-state index contributed by atoms with van der Waals surface area (Å²) in [7, 11) is 0. The summed E-state index contributed by atoms with van der Waals surface area (Å²) in [5, 5.41) is 4.20. The first-order valence-electron chi connectivity index (χ1n) is 6.81. The molecule has 3 heteroatoms. The predicted octanol–water partition coefficient (Wildman–Crippen LogP) is 3.32. The molecular weight excluding hydrogens is 248 g/mol. The van der Waals surface area contributed by atoms with Gasteiger partial charge < -0.3 is 0 Å². The number of rotatable bonds is 4. The van der Waals surface area contributed by atoms with Crippen molar-refractivity contribution < 1.29 is 4.79 Å². The van der Waals surface area contributed by atoms with E-state index in [9.17, 15) is 4.79 Å². The molecule has 2 heterocycles. The first-order chi connectivity index (χ1) is 9.78. The van der Waals surface area contributed by atoms with Crippen molar-refractivity contribution in [2.24, 2.45) is 0 Å². The number of pyridine rings is 1. The highest BCUT2D eigenvalue weighted by molar-refractivity contribution is 6.03. The van der Waals surface area contributed by atoms with Crippen LogP contribution in [0.25, 0.3) is 5.52 Å². The molecule has 0 aliphatic carbocycles. The summed E-state index contributed by atoms with van der Waals surface area (Å²) in [6.45, 7) is 2.12. The van der Waals surface area contributed by atoms with Gasteiger partial charge in [-0.1, -0.05) is 37.3 Å². The first-order valence-corrected chi connectivity index (χ1v) is 6.81. The second-order valence-corrected chi connectivity index (χ2v) is 4.86. The van der Waals surface area contributed by atoms with E-state index in [1.54, 1.807) is 10.7 Å². The molecule has 0 fully saturated rings. The molecule has 0 atom stereocenters. The smallest absolute Gasteiger partial charge is 0.171 e. The number of benzene rings is 1. The van der Waals surface area contributed by atoms with Crippen LogP contribution < -0.4 is 0 Å². The van der Waals surface area contributed by atoms with Gasteiger partial charge in [0.05, 0.1) is 17.3 Å². The molecule has 0 saturated heterocycles. The van der Waals surface area contributed by atoms with Crippen LogP contribution in [0.2, 0.25) is 0 Å². The Hall–Kier alpha value is -2.42. The van der Waals surface area contributed by atoms with Crippen molar-refractivity contribution in [2.75, 3.05) is 0 Å². The van der Waals surface area contributed by atoms with Gasteiger partial charge in [0.15, 0.2) is 5.78 Å². The van der Waals surface area contributed by atoms with Crippen molar-refractivity contribution in [2.45, 2.75) is 19.8 Å². The van der Waals surface area contributed by atoms with Crippen LogP contribution in [-0.2, 0) is 12.8 Å². The molecule has 0 spiro atoms. The normalized spacial score (nSPS) is 10.8. The largest absolute Gasteiger partial charge is 0.294 e. The minimum absolute atomic E-state index is 0.107. The van der Waals surface area contributed by atoms with E-state index in [1.165, 1.54) is 5.56 Å². The number of ketones is 1. The standard InChI is InChI=1S/C17H16N2O/c1-2-13-6-8-14(9-7-13)11-17(20)15-12-18-19-10-4-3-5-16(15)19/h3-10,12H,2,11H2,1H3. The lowest BCUT2D eigenvalue weighted by Crippen LogP contribution is -2.03. The second-order valence-electron chi connectivity index (χ2n) is 4.86. The Kier molecular flexibility index (Phi) is 3.33. The van der Waals surface area contributed by atoms with Gasteiger partial charge in [-0.25, -0.2) is 4.52 Å². The summed E-state index contributed by atoms with van der Waals surface area (Å²) in [6, 6.07) is 14.0. The number of fused-ring (bicyclic) bond motifs is 1. The Morgan fingerprint density at radius 3 is 2.60 bits per heavy atom. The van der Waals surface area contributed by atoms with Crippen LogP contribution in [0.4, 0.5) is 0 Å². The number of carbonyl (C=O) groups excluding carboxylic acids is 1. The van der Waals surface area contributed by atoms with Crippen LogP contribution in [0.3, 0.4) is 0 Å². The number of carbonyl (C=O) groups is 1. The summed E-state index contributed by atoms with van der Waals surface area (Å²) in [5.74, 6) is 0.107. The molecule has 0 unspecified atom stereocenters. The summed E-state index contributed by atoms with van der Waals surface area (Å²) >= 11 is 0. The molecule has 0 radical (unpaired) electrons. The van der Waals surface area contributed by atoms with Crippen LogP contribution >= 0.6 is 0 Å². The zero-order valence-corrected chi connectivity index (χ0v) is 11.4. The molecule has 0 amide bonds. The number of nitrogens with zero attached hydrogens (tertiary/aromatic N) is 2. The highest BCUT2D eigenvalue weighted by Gasteiger charge is 2.12. The molecule has 0 N–H and O–H groups in total. The van der Waals surface area contributed by atoms with E-state index in [4.69, 9.17) is 0 Å². The molecule has 2 aromatic heterocycles. The Morgan fingerprint density at radius 2 is 1.85 bits per heavy atom. The van der Waals surface area contributed by atoms with Crippen molar-refractivity contribution in [3.63, 3.8) is 0 Å². The molecule has 0 aliphatic rings. The first kappa shape index (κ1) is 12.6. The van der Waals surface area contributed by atoms with Gasteiger partial charge in [0, 0.05) is 12.6 Å². The van der Waals surface area contributed by atoms with E-state index in [2.05, 4.69) is 24.2 Å². The highest BCUT2D eigenvalue weighted by Crippen LogP contribution is 2.14. The van der Waals surface area contributed by atoms with Gasteiger partial charge in [-0.2, -0.15) is 5.10 Å². The summed E-state index contributed by atoms with van der Waals surface area (Å²) in [5.41, 5.74) is 3.88. The van der Waals surface area contributed by atoms with Gasteiger partial charge >= 0.3 is 0 Å². The third-order valence-corrected chi connectivity index (χ3v) is 3.52. The average Bonchev–Trinajstić information content (AvgIpc) is 2.92. The van der Waals surface area contributed by atoms with E-state index >= 15 is 0 Å². The fraction of sp³-hybridized carbons (Fsp3) is 0.176. The summed E-state index contributed by atoms with van der Waals surface area (Å²) in [4.78, 5) is 12.4. The maximum atomic E-state index is 12.4. The molecule has 3 rings (SSSR count). The fourth-order valence-electron chi connectivity index (χ4n) is 2.32. The van der Waals surface area contributed by atoms with E-state index in [0.29, 0.717) is 12.0 Å². The number of hydrogen-bond acceptors (Lipinski definition) is 2. The van der Waals surface area contributed by atoms with Gasteiger partial charge in [-0.05, 0) is 29.7 Å².